The van der Waals surface area contributed by atoms with Gasteiger partial charge in [0.25, 0.3) is 0 Å². The summed E-state index contributed by atoms with van der Waals surface area (Å²) in [4.78, 5) is 6.88. The second kappa shape index (κ2) is 5.72. The molecule has 0 aliphatic rings. The van der Waals surface area contributed by atoms with Crippen LogP contribution in [-0.4, -0.2) is 38.1 Å². The van der Waals surface area contributed by atoms with Crippen LogP contribution in [0.2, 0.25) is 0 Å². The van der Waals surface area contributed by atoms with Crippen LogP contribution in [0.4, 0.5) is 0 Å². The van der Waals surface area contributed by atoms with Gasteiger partial charge >= 0.3 is 0 Å². The maximum Gasteiger partial charge on any atom is 0.137 e. The molecule has 0 amide bonds. The van der Waals surface area contributed by atoms with Gasteiger partial charge in [-0.25, -0.2) is 4.98 Å². The normalized spacial score (nSPS) is 13.6. The van der Waals surface area contributed by atoms with Gasteiger partial charge < -0.3 is 9.51 Å². The molecule has 0 fully saturated rings. The maximum absolute atomic E-state index is 9.57. The topological polar surface area (TPSA) is 40.8 Å². The number of rotatable bonds is 5. The molecule has 19 heavy (non-hydrogen) atoms. The molecule has 0 saturated heterocycles. The van der Waals surface area contributed by atoms with E-state index in [4.69, 9.17) is 0 Å². The first-order chi connectivity index (χ1) is 8.97. The molecule has 0 bridgehead atoms. The smallest absolute Gasteiger partial charge is 0.137 e. The van der Waals surface area contributed by atoms with Gasteiger partial charge in [-0.1, -0.05) is 6.07 Å². The van der Waals surface area contributed by atoms with Crippen molar-refractivity contribution in [3.63, 3.8) is 0 Å². The molecule has 2 rings (SSSR count). The molecule has 0 spiro atoms. The summed E-state index contributed by atoms with van der Waals surface area (Å²) in [6.45, 7) is 9.62. The van der Waals surface area contributed by atoms with Gasteiger partial charge in [0.1, 0.15) is 5.65 Å². The van der Waals surface area contributed by atoms with Gasteiger partial charge in [0, 0.05) is 31.0 Å². The Kier molecular flexibility index (Phi) is 4.22. The van der Waals surface area contributed by atoms with Gasteiger partial charge in [-0.3, -0.25) is 4.90 Å². The minimum absolute atomic E-state index is 0.318. The van der Waals surface area contributed by atoms with Crippen molar-refractivity contribution < 1.29 is 5.11 Å². The Bertz CT molecular complexity index is 545. The molecule has 4 nitrogen and oxygen atoms in total. The average molecular weight is 261 g/mol. The third kappa shape index (κ3) is 3.33. The number of imidazole rings is 1. The van der Waals surface area contributed by atoms with Crippen LogP contribution in [-0.2, 0) is 6.54 Å². The number of nitrogens with zero attached hydrogens (tertiary/aromatic N) is 3. The number of aryl methyl sites for hydroxylation is 1. The molecule has 0 aliphatic heterocycles. The van der Waals surface area contributed by atoms with Crippen molar-refractivity contribution in [2.45, 2.75) is 46.4 Å². The van der Waals surface area contributed by atoms with E-state index in [0.29, 0.717) is 12.6 Å². The van der Waals surface area contributed by atoms with E-state index in [9.17, 15) is 5.11 Å². The number of pyridine rings is 1. The van der Waals surface area contributed by atoms with Gasteiger partial charge in [-0.15, -0.1) is 0 Å². The van der Waals surface area contributed by atoms with Gasteiger partial charge in [0.2, 0.25) is 0 Å². The van der Waals surface area contributed by atoms with Crippen molar-refractivity contribution in [2.75, 3.05) is 6.54 Å². The number of aromatic nitrogens is 2. The highest BCUT2D eigenvalue weighted by molar-refractivity contribution is 5.41. The largest absolute Gasteiger partial charge is 0.392 e. The van der Waals surface area contributed by atoms with Crippen molar-refractivity contribution in [3.8, 4) is 0 Å². The van der Waals surface area contributed by atoms with Gasteiger partial charge in [-0.05, 0) is 39.8 Å². The van der Waals surface area contributed by atoms with E-state index >= 15 is 0 Å². The Morgan fingerprint density at radius 1 is 1.32 bits per heavy atom. The lowest BCUT2D eigenvalue weighted by atomic mass is 10.2. The van der Waals surface area contributed by atoms with E-state index in [1.54, 1.807) is 0 Å². The van der Waals surface area contributed by atoms with Crippen LogP contribution in [0.25, 0.3) is 5.65 Å². The van der Waals surface area contributed by atoms with Crippen molar-refractivity contribution in [1.82, 2.24) is 14.3 Å². The first-order valence-electron chi connectivity index (χ1n) is 6.83. The van der Waals surface area contributed by atoms with Gasteiger partial charge in [-0.2, -0.15) is 0 Å². The molecule has 4 heteroatoms. The minimum Gasteiger partial charge on any atom is -0.392 e. The fraction of sp³-hybridized carbons (Fsp3) is 0.533. The zero-order valence-corrected chi connectivity index (χ0v) is 12.2. The summed E-state index contributed by atoms with van der Waals surface area (Å²) in [5, 5.41) is 9.57. The van der Waals surface area contributed by atoms with E-state index < -0.39 is 0 Å². The number of fused-ring (bicyclic) bond motifs is 1. The molecule has 0 aromatic carbocycles. The summed E-state index contributed by atoms with van der Waals surface area (Å²) in [7, 11) is 0. The van der Waals surface area contributed by atoms with Crippen LogP contribution < -0.4 is 0 Å². The lowest BCUT2D eigenvalue weighted by molar-refractivity contribution is 0.102. The fourth-order valence-electron chi connectivity index (χ4n) is 2.28. The highest BCUT2D eigenvalue weighted by Crippen LogP contribution is 2.12. The summed E-state index contributed by atoms with van der Waals surface area (Å²) in [6.07, 6.45) is 1.77. The van der Waals surface area contributed by atoms with Crippen LogP contribution in [0, 0.1) is 6.92 Å². The summed E-state index contributed by atoms with van der Waals surface area (Å²) in [5.74, 6) is 0. The molecule has 1 unspecified atom stereocenters. The van der Waals surface area contributed by atoms with Crippen LogP contribution >= 0.6 is 0 Å². The summed E-state index contributed by atoms with van der Waals surface area (Å²) in [6, 6.07) is 6.51. The number of aliphatic hydroxyl groups is 1. The zero-order chi connectivity index (χ0) is 14.0. The van der Waals surface area contributed by atoms with Crippen molar-refractivity contribution in [3.05, 3.63) is 35.8 Å². The van der Waals surface area contributed by atoms with Gasteiger partial charge in [0.15, 0.2) is 0 Å². The van der Waals surface area contributed by atoms with Crippen LogP contribution in [0.15, 0.2) is 24.4 Å². The molecular weight excluding hydrogens is 238 g/mol. The summed E-state index contributed by atoms with van der Waals surface area (Å²) < 4.78 is 2.11. The Morgan fingerprint density at radius 3 is 2.63 bits per heavy atom. The Morgan fingerprint density at radius 2 is 2.05 bits per heavy atom. The van der Waals surface area contributed by atoms with Crippen molar-refractivity contribution in [1.29, 1.82) is 0 Å². The number of aliphatic hydroxyl groups excluding tert-OH is 1. The van der Waals surface area contributed by atoms with Crippen LogP contribution in [0.5, 0.6) is 0 Å². The maximum atomic E-state index is 9.57. The molecule has 104 valence electrons. The highest BCUT2D eigenvalue weighted by Gasteiger charge is 2.14. The van der Waals surface area contributed by atoms with E-state index in [1.165, 1.54) is 5.69 Å². The molecule has 2 aromatic heterocycles. The molecule has 0 saturated carbocycles. The van der Waals surface area contributed by atoms with Gasteiger partial charge in [0.05, 0.1) is 11.8 Å². The zero-order valence-electron chi connectivity index (χ0n) is 12.2. The number of hydrogen-bond acceptors (Lipinski definition) is 3. The SMILES string of the molecule is Cc1cccc2nc(CN(CC(C)O)C(C)C)cn12. The first kappa shape index (κ1) is 14.0. The fourth-order valence-corrected chi connectivity index (χ4v) is 2.28. The standard InChI is InChI=1S/C15H23N3O/c1-11(2)17(8-13(4)19)9-14-10-18-12(3)6-5-7-15(18)16-14/h5-7,10-11,13,19H,8-9H2,1-4H3. The second-order valence-corrected chi connectivity index (χ2v) is 5.50. The van der Waals surface area contributed by atoms with Crippen LogP contribution in [0.3, 0.4) is 0 Å². The molecule has 2 heterocycles. The second-order valence-electron chi connectivity index (χ2n) is 5.50. The molecule has 1 N–H and O–H groups in total. The molecule has 1 atom stereocenters. The van der Waals surface area contributed by atoms with E-state index in [-0.39, 0.29) is 6.10 Å². The average Bonchev–Trinajstić information content (AvgIpc) is 2.71. The molecule has 2 aromatic rings. The van der Waals surface area contributed by atoms with E-state index in [2.05, 4.69) is 47.3 Å². The third-order valence-corrected chi connectivity index (χ3v) is 3.34. The first-order valence-corrected chi connectivity index (χ1v) is 6.83. The predicted octanol–water partition coefficient (Wildman–Crippen LogP) is 2.23. The quantitative estimate of drug-likeness (QED) is 0.897. The Balaban J connectivity index is 2.21. The lowest BCUT2D eigenvalue weighted by Gasteiger charge is -2.26. The van der Waals surface area contributed by atoms with E-state index in [0.717, 1.165) is 17.9 Å². The lowest BCUT2D eigenvalue weighted by Crippen LogP contribution is -2.36. The van der Waals surface area contributed by atoms with Crippen LogP contribution in [0.1, 0.15) is 32.2 Å². The van der Waals surface area contributed by atoms with Crippen molar-refractivity contribution >= 4 is 5.65 Å². The Labute approximate surface area is 114 Å². The molecular formula is C15H23N3O. The summed E-state index contributed by atoms with van der Waals surface area (Å²) >= 11 is 0. The van der Waals surface area contributed by atoms with E-state index in [1.807, 2.05) is 19.1 Å². The van der Waals surface area contributed by atoms with Crippen molar-refractivity contribution in [2.24, 2.45) is 0 Å². The predicted molar refractivity (Wildman–Crippen MR) is 77.2 cm³/mol. The molecule has 0 radical (unpaired) electrons. The minimum atomic E-state index is -0.318. The number of hydrogen-bond donors (Lipinski definition) is 1. The molecule has 0 aliphatic carbocycles. The Hall–Kier alpha value is -1.39. The summed E-state index contributed by atoms with van der Waals surface area (Å²) in [5.41, 5.74) is 3.21. The third-order valence-electron chi connectivity index (χ3n) is 3.34. The monoisotopic (exact) mass is 261 g/mol. The highest BCUT2D eigenvalue weighted by atomic mass is 16.3.